The third-order valence-electron chi connectivity index (χ3n) is 6.49. The van der Waals surface area contributed by atoms with Crippen molar-refractivity contribution in [1.82, 2.24) is 10.2 Å². The zero-order valence-corrected chi connectivity index (χ0v) is 22.0. The molecule has 1 N–H and O–H groups in total. The Kier molecular flexibility index (Phi) is 7.90. The molecule has 0 fully saturated rings. The number of fused-ring (bicyclic) bond motifs is 1. The number of carbonyl (C=O) groups is 2. The molecule has 0 saturated heterocycles. The Balaban J connectivity index is 1.62. The summed E-state index contributed by atoms with van der Waals surface area (Å²) >= 11 is 12.0. The average molecular weight is 566 g/mol. The highest BCUT2D eigenvalue weighted by Crippen LogP contribution is 2.50. The van der Waals surface area contributed by atoms with Crippen molar-refractivity contribution < 1.29 is 27.6 Å². The molecule has 1 atom stereocenters. The van der Waals surface area contributed by atoms with Crippen LogP contribution < -0.4 is 5.32 Å². The Morgan fingerprint density at radius 2 is 1.74 bits per heavy atom. The molecule has 1 aliphatic rings. The van der Waals surface area contributed by atoms with Crippen LogP contribution in [0.15, 0.2) is 59.8 Å². The number of hydrogen-bond acceptors (Lipinski definition) is 4. The minimum atomic E-state index is -4.82. The number of nitrogens with zero attached hydrogens (tertiary/aromatic N) is 2. The van der Waals surface area contributed by atoms with E-state index >= 15 is 0 Å². The average Bonchev–Trinajstić information content (AvgIpc) is 3.32. The molecule has 0 saturated carbocycles. The predicted octanol–water partition coefficient (Wildman–Crippen LogP) is 6.33. The Hall–Kier alpha value is -3.30. The summed E-state index contributed by atoms with van der Waals surface area (Å²) in [6.07, 6.45) is -4.86. The summed E-state index contributed by atoms with van der Waals surface area (Å²) < 4.78 is 43.3. The minimum Gasteiger partial charge on any atom is -0.374 e. The lowest BCUT2D eigenvalue weighted by Gasteiger charge is -2.29. The van der Waals surface area contributed by atoms with E-state index in [1.54, 1.807) is 48.3 Å². The van der Waals surface area contributed by atoms with Crippen molar-refractivity contribution in [2.45, 2.75) is 31.5 Å². The smallest absolute Gasteiger partial charge is 0.374 e. The molecule has 2 amide bonds. The van der Waals surface area contributed by atoms with Crippen LogP contribution in [-0.4, -0.2) is 48.7 Å². The van der Waals surface area contributed by atoms with Gasteiger partial charge < -0.3 is 15.1 Å². The second kappa shape index (κ2) is 10.8. The van der Waals surface area contributed by atoms with Crippen LogP contribution in [0.4, 0.5) is 13.2 Å². The van der Waals surface area contributed by atoms with Crippen molar-refractivity contribution >= 4 is 51.5 Å². The Morgan fingerprint density at radius 3 is 2.37 bits per heavy atom. The van der Waals surface area contributed by atoms with Crippen LogP contribution in [0.2, 0.25) is 10.0 Å². The maximum atomic E-state index is 14.4. The number of carbonyl (C=O) groups excluding carboxylic acids is 2. The van der Waals surface area contributed by atoms with Crippen LogP contribution in [0.25, 0.3) is 10.8 Å². The molecule has 1 unspecified atom stereocenters. The number of rotatable bonds is 7. The number of amides is 2. The molecule has 4 rings (SSSR count). The monoisotopic (exact) mass is 565 g/mol. The first-order valence-electron chi connectivity index (χ1n) is 11.7. The van der Waals surface area contributed by atoms with E-state index in [0.717, 1.165) is 0 Å². The first-order chi connectivity index (χ1) is 17.9. The van der Waals surface area contributed by atoms with Crippen molar-refractivity contribution in [2.75, 3.05) is 20.1 Å². The van der Waals surface area contributed by atoms with Gasteiger partial charge in [0, 0.05) is 60.2 Å². The second-order valence-electron chi connectivity index (χ2n) is 9.05. The van der Waals surface area contributed by atoms with Crippen LogP contribution in [0.5, 0.6) is 0 Å². The van der Waals surface area contributed by atoms with E-state index in [0.29, 0.717) is 41.4 Å². The number of oxime groups is 1. The number of halogens is 5. The van der Waals surface area contributed by atoms with Crippen LogP contribution in [0, 0.1) is 0 Å². The summed E-state index contributed by atoms with van der Waals surface area (Å²) in [5, 5.41) is 7.89. The first kappa shape index (κ1) is 27.7. The van der Waals surface area contributed by atoms with Gasteiger partial charge in [-0.15, -0.1) is 0 Å². The van der Waals surface area contributed by atoms with E-state index < -0.39 is 18.2 Å². The van der Waals surface area contributed by atoms with Crippen molar-refractivity contribution in [1.29, 1.82) is 0 Å². The van der Waals surface area contributed by atoms with Crippen LogP contribution in [-0.2, 0) is 15.2 Å². The summed E-state index contributed by atoms with van der Waals surface area (Å²) in [4.78, 5) is 31.0. The summed E-state index contributed by atoms with van der Waals surface area (Å²) in [5.41, 5.74) is -2.15. The predicted molar refractivity (Wildman–Crippen MR) is 141 cm³/mol. The highest BCUT2D eigenvalue weighted by molar-refractivity contribution is 6.34. The van der Waals surface area contributed by atoms with Gasteiger partial charge in [0.1, 0.15) is 0 Å². The molecule has 1 heterocycles. The van der Waals surface area contributed by atoms with Gasteiger partial charge in [0.25, 0.3) is 11.5 Å². The SMILES string of the molecule is CC(=O)N(C)CCCNC(=O)c1ccc(C2=NOC(c3cc(Cl)cc(Cl)c3)(C(F)(F)F)C2)c2ccccc12. The molecule has 200 valence electrons. The van der Waals surface area contributed by atoms with Gasteiger partial charge in [-0.1, -0.05) is 58.7 Å². The normalized spacial score (nSPS) is 17.2. The summed E-state index contributed by atoms with van der Waals surface area (Å²) in [6.45, 7) is 2.31. The molecule has 0 radical (unpaired) electrons. The van der Waals surface area contributed by atoms with Crippen molar-refractivity contribution in [3.05, 3.63) is 81.3 Å². The van der Waals surface area contributed by atoms with Crippen molar-refractivity contribution in [3.63, 3.8) is 0 Å². The maximum absolute atomic E-state index is 14.4. The highest BCUT2D eigenvalue weighted by atomic mass is 35.5. The molecular formula is C27H24Cl2F3N3O3. The second-order valence-corrected chi connectivity index (χ2v) is 9.92. The van der Waals surface area contributed by atoms with Gasteiger partial charge in [-0.25, -0.2) is 0 Å². The number of benzene rings is 3. The molecule has 6 nitrogen and oxygen atoms in total. The minimum absolute atomic E-state index is 0.0435. The summed E-state index contributed by atoms with van der Waals surface area (Å²) in [5.74, 6) is -0.397. The Bertz CT molecular complexity index is 1410. The molecule has 0 aliphatic carbocycles. The molecule has 1 aliphatic heterocycles. The molecule has 11 heteroatoms. The molecule has 0 aromatic heterocycles. The third kappa shape index (κ3) is 5.44. The van der Waals surface area contributed by atoms with Gasteiger partial charge in [-0.2, -0.15) is 13.2 Å². The standard InChI is InChI=1S/C27H24Cl2F3N3O3/c1-16(36)35(2)11-5-10-33-25(37)23-9-8-22(20-6-3-4-7-21(20)23)24-15-26(38-34-24,27(30,31)32)17-12-18(28)14-19(29)13-17/h3-4,6-9,12-14H,5,10-11,15H2,1-2H3,(H,33,37). The van der Waals surface area contributed by atoms with E-state index in [-0.39, 0.29) is 33.1 Å². The zero-order valence-electron chi connectivity index (χ0n) is 20.5. The van der Waals surface area contributed by atoms with Crippen LogP contribution >= 0.6 is 23.2 Å². The van der Waals surface area contributed by atoms with Gasteiger partial charge in [0.15, 0.2) is 0 Å². The summed E-state index contributed by atoms with van der Waals surface area (Å²) in [6, 6.07) is 13.7. The Morgan fingerprint density at radius 1 is 1.08 bits per heavy atom. The molecule has 3 aromatic carbocycles. The number of alkyl halides is 3. The van der Waals surface area contributed by atoms with Gasteiger partial charge >= 0.3 is 6.18 Å². The van der Waals surface area contributed by atoms with Gasteiger partial charge in [-0.3, -0.25) is 9.59 Å². The first-order valence-corrected chi connectivity index (χ1v) is 12.5. The topological polar surface area (TPSA) is 71.0 Å². The quantitative estimate of drug-likeness (QED) is 0.340. The lowest BCUT2D eigenvalue weighted by molar-refractivity contribution is -0.275. The highest BCUT2D eigenvalue weighted by Gasteiger charge is 2.62. The lowest BCUT2D eigenvalue weighted by atomic mass is 9.85. The van der Waals surface area contributed by atoms with Crippen LogP contribution in [0.1, 0.15) is 41.3 Å². The maximum Gasteiger partial charge on any atom is 0.435 e. The molecule has 3 aromatic rings. The van der Waals surface area contributed by atoms with E-state index in [9.17, 15) is 22.8 Å². The fourth-order valence-electron chi connectivity index (χ4n) is 4.35. The van der Waals surface area contributed by atoms with E-state index in [4.69, 9.17) is 28.0 Å². The number of hydrogen-bond donors (Lipinski definition) is 1. The van der Waals surface area contributed by atoms with Gasteiger partial charge in [-0.05, 0) is 41.5 Å². The van der Waals surface area contributed by atoms with Crippen molar-refractivity contribution in [3.8, 4) is 0 Å². The zero-order chi connectivity index (χ0) is 27.7. The lowest BCUT2D eigenvalue weighted by Crippen LogP contribution is -2.42. The van der Waals surface area contributed by atoms with E-state index in [2.05, 4.69) is 10.5 Å². The van der Waals surface area contributed by atoms with Crippen LogP contribution in [0.3, 0.4) is 0 Å². The Labute approximate surface area is 227 Å². The molecule has 0 bridgehead atoms. The fraction of sp³-hybridized carbons (Fsp3) is 0.296. The largest absolute Gasteiger partial charge is 0.435 e. The van der Waals surface area contributed by atoms with E-state index in [1.165, 1.54) is 25.1 Å². The fourth-order valence-corrected chi connectivity index (χ4v) is 4.88. The van der Waals surface area contributed by atoms with Gasteiger partial charge in [0.05, 0.1) is 5.71 Å². The number of nitrogens with one attached hydrogen (secondary N) is 1. The summed E-state index contributed by atoms with van der Waals surface area (Å²) in [7, 11) is 1.68. The molecule has 0 spiro atoms. The van der Waals surface area contributed by atoms with Gasteiger partial charge in [0.2, 0.25) is 5.91 Å². The molecule has 38 heavy (non-hydrogen) atoms. The third-order valence-corrected chi connectivity index (χ3v) is 6.92. The van der Waals surface area contributed by atoms with Crippen molar-refractivity contribution in [2.24, 2.45) is 5.16 Å². The van der Waals surface area contributed by atoms with E-state index in [1.807, 2.05) is 0 Å². The molecular weight excluding hydrogens is 542 g/mol.